The lowest BCUT2D eigenvalue weighted by atomic mass is 10.1. The molecule has 0 atom stereocenters. The quantitative estimate of drug-likeness (QED) is 0.415. The van der Waals surface area contributed by atoms with Crippen LogP contribution in [-0.4, -0.2) is 12.8 Å². The number of hydrogen-bond donors (Lipinski definition) is 0. The summed E-state index contributed by atoms with van der Waals surface area (Å²) in [6.07, 6.45) is 7.74. The summed E-state index contributed by atoms with van der Waals surface area (Å²) >= 11 is 0. The number of rotatable bonds is 9. The van der Waals surface area contributed by atoms with Crippen molar-refractivity contribution in [2.24, 2.45) is 0 Å². The average molecular weight is 204 g/mol. The Morgan fingerprint density at radius 1 is 1.00 bits per heavy atom. The SMILES string of the molecule is CCCCCCCCCCOC(=O)F. The maximum absolute atomic E-state index is 11.6. The summed E-state index contributed by atoms with van der Waals surface area (Å²) < 4.78 is 15.7. The molecule has 0 N–H and O–H groups in total. The number of hydrogen-bond acceptors (Lipinski definition) is 2. The number of halogens is 1. The van der Waals surface area contributed by atoms with Gasteiger partial charge in [0.25, 0.3) is 0 Å². The van der Waals surface area contributed by atoms with Gasteiger partial charge in [0.05, 0.1) is 6.61 Å². The summed E-state index contributed by atoms with van der Waals surface area (Å²) in [7, 11) is 0. The molecule has 0 aliphatic carbocycles. The largest absolute Gasteiger partial charge is 0.495 e. The van der Waals surface area contributed by atoms with Crippen molar-refractivity contribution >= 4 is 6.22 Å². The van der Waals surface area contributed by atoms with Crippen molar-refractivity contribution in [1.82, 2.24) is 0 Å². The van der Waals surface area contributed by atoms with Crippen LogP contribution in [0, 0.1) is 0 Å². The summed E-state index contributed by atoms with van der Waals surface area (Å²) in [5, 5.41) is 0. The van der Waals surface area contributed by atoms with Gasteiger partial charge < -0.3 is 4.74 Å². The van der Waals surface area contributed by atoms with Gasteiger partial charge in [0.15, 0.2) is 0 Å². The highest BCUT2D eigenvalue weighted by Crippen LogP contribution is 2.08. The van der Waals surface area contributed by atoms with Gasteiger partial charge in [-0.15, -0.1) is 4.39 Å². The molecule has 0 unspecified atom stereocenters. The molecule has 0 fully saturated rings. The van der Waals surface area contributed by atoms with E-state index >= 15 is 0 Å². The Balaban J connectivity index is 2.88. The minimum absolute atomic E-state index is 0.226. The highest BCUT2D eigenvalue weighted by molar-refractivity contribution is 5.57. The lowest BCUT2D eigenvalue weighted by Crippen LogP contribution is -1.96. The molecule has 0 heterocycles. The highest BCUT2D eigenvalue weighted by Gasteiger charge is 1.96. The van der Waals surface area contributed by atoms with Crippen molar-refractivity contribution in [2.75, 3.05) is 6.61 Å². The monoisotopic (exact) mass is 204 g/mol. The molecule has 84 valence electrons. The fraction of sp³-hybridized carbons (Fsp3) is 0.909. The van der Waals surface area contributed by atoms with E-state index in [1.807, 2.05) is 0 Å². The Hall–Kier alpha value is -0.600. The zero-order valence-electron chi connectivity index (χ0n) is 9.06. The van der Waals surface area contributed by atoms with Crippen molar-refractivity contribution in [1.29, 1.82) is 0 Å². The second-order valence-electron chi connectivity index (χ2n) is 3.56. The molecule has 14 heavy (non-hydrogen) atoms. The minimum Gasteiger partial charge on any atom is -0.440 e. The molecule has 0 aromatic heterocycles. The van der Waals surface area contributed by atoms with Crippen molar-refractivity contribution in [3.8, 4) is 0 Å². The molecule has 0 rings (SSSR count). The summed E-state index contributed by atoms with van der Waals surface area (Å²) in [4.78, 5) is 9.76. The van der Waals surface area contributed by atoms with Crippen LogP contribution in [0.4, 0.5) is 9.18 Å². The van der Waals surface area contributed by atoms with Crippen LogP contribution < -0.4 is 0 Å². The molecule has 0 aliphatic rings. The summed E-state index contributed by atoms with van der Waals surface area (Å²) in [6.45, 7) is 2.43. The smallest absolute Gasteiger partial charge is 0.440 e. The average Bonchev–Trinajstić information content (AvgIpc) is 2.15. The van der Waals surface area contributed by atoms with Crippen LogP contribution in [0.2, 0.25) is 0 Å². The first kappa shape index (κ1) is 13.4. The standard InChI is InChI=1S/C11H21FO2/c1-2-3-4-5-6-7-8-9-10-14-11(12)13/h2-10H2,1H3. The second-order valence-corrected chi connectivity index (χ2v) is 3.56. The van der Waals surface area contributed by atoms with Crippen LogP contribution in [0.15, 0.2) is 0 Å². The van der Waals surface area contributed by atoms with Gasteiger partial charge in [-0.25, -0.2) is 4.79 Å². The number of ether oxygens (including phenoxy) is 1. The molecule has 0 amide bonds. The molecule has 0 saturated heterocycles. The van der Waals surface area contributed by atoms with Gasteiger partial charge in [-0.3, -0.25) is 0 Å². The Morgan fingerprint density at radius 2 is 1.50 bits per heavy atom. The van der Waals surface area contributed by atoms with Gasteiger partial charge in [0, 0.05) is 0 Å². The third-order valence-corrected chi connectivity index (χ3v) is 2.21. The van der Waals surface area contributed by atoms with Crippen LogP contribution in [0.5, 0.6) is 0 Å². The number of unbranched alkanes of at least 4 members (excludes halogenated alkanes) is 7. The van der Waals surface area contributed by atoms with Crippen molar-refractivity contribution < 1.29 is 13.9 Å². The maximum Gasteiger partial charge on any atom is 0.495 e. The van der Waals surface area contributed by atoms with Crippen LogP contribution in [0.25, 0.3) is 0 Å². The lowest BCUT2D eigenvalue weighted by molar-refractivity contribution is 0.119. The fourth-order valence-electron chi connectivity index (χ4n) is 1.39. The molecular formula is C11H21FO2. The summed E-state index contributed by atoms with van der Waals surface area (Å²) in [5.74, 6) is 0. The number of carbonyl (C=O) groups excluding carboxylic acids is 1. The van der Waals surface area contributed by atoms with Crippen LogP contribution in [0.3, 0.4) is 0 Å². The fourth-order valence-corrected chi connectivity index (χ4v) is 1.39. The molecule has 0 aromatic rings. The molecule has 2 nitrogen and oxygen atoms in total. The van der Waals surface area contributed by atoms with E-state index in [9.17, 15) is 9.18 Å². The lowest BCUT2D eigenvalue weighted by Gasteiger charge is -2.01. The van der Waals surface area contributed by atoms with E-state index in [-0.39, 0.29) is 6.61 Å². The topological polar surface area (TPSA) is 26.3 Å². The Morgan fingerprint density at radius 3 is 2.00 bits per heavy atom. The van der Waals surface area contributed by atoms with E-state index < -0.39 is 6.22 Å². The van der Waals surface area contributed by atoms with Gasteiger partial charge in [0.1, 0.15) is 0 Å². The van der Waals surface area contributed by atoms with E-state index in [1.165, 1.54) is 32.1 Å². The Bertz CT molecular complexity index is 137. The van der Waals surface area contributed by atoms with Gasteiger partial charge >= 0.3 is 6.22 Å². The second kappa shape index (κ2) is 10.5. The molecule has 0 saturated carbocycles. The first-order valence-corrected chi connectivity index (χ1v) is 5.59. The van der Waals surface area contributed by atoms with E-state index in [4.69, 9.17) is 0 Å². The van der Waals surface area contributed by atoms with E-state index in [0.717, 1.165) is 19.3 Å². The van der Waals surface area contributed by atoms with Gasteiger partial charge in [-0.1, -0.05) is 51.9 Å². The van der Waals surface area contributed by atoms with Crippen LogP contribution in [0.1, 0.15) is 58.3 Å². The zero-order valence-corrected chi connectivity index (χ0v) is 9.06. The third kappa shape index (κ3) is 11.4. The van der Waals surface area contributed by atoms with Gasteiger partial charge in [-0.2, -0.15) is 0 Å². The summed E-state index contributed by atoms with van der Waals surface area (Å²) in [6, 6.07) is 0. The summed E-state index contributed by atoms with van der Waals surface area (Å²) in [5.41, 5.74) is 0. The van der Waals surface area contributed by atoms with E-state index in [0.29, 0.717) is 0 Å². The molecule has 3 heteroatoms. The predicted octanol–water partition coefficient (Wildman–Crippen LogP) is 4.23. The zero-order chi connectivity index (χ0) is 10.6. The van der Waals surface area contributed by atoms with Gasteiger partial charge in [-0.05, 0) is 6.42 Å². The Kier molecular flexibility index (Phi) is 10.0. The van der Waals surface area contributed by atoms with E-state index in [1.54, 1.807) is 0 Å². The van der Waals surface area contributed by atoms with Crippen LogP contribution >= 0.6 is 0 Å². The van der Waals surface area contributed by atoms with Crippen molar-refractivity contribution in [3.63, 3.8) is 0 Å². The normalized spacial score (nSPS) is 10.1. The first-order chi connectivity index (χ1) is 6.77. The Labute approximate surface area is 85.8 Å². The number of carbonyl (C=O) groups is 1. The van der Waals surface area contributed by atoms with Crippen LogP contribution in [-0.2, 0) is 4.74 Å². The predicted molar refractivity (Wildman–Crippen MR) is 55.1 cm³/mol. The van der Waals surface area contributed by atoms with Gasteiger partial charge in [0.2, 0.25) is 0 Å². The van der Waals surface area contributed by atoms with Crippen molar-refractivity contribution in [3.05, 3.63) is 0 Å². The molecule has 0 bridgehead atoms. The highest BCUT2D eigenvalue weighted by atomic mass is 19.1. The molecule has 0 aliphatic heterocycles. The third-order valence-electron chi connectivity index (χ3n) is 2.21. The molecule has 0 aromatic carbocycles. The minimum atomic E-state index is -1.66. The van der Waals surface area contributed by atoms with Crippen molar-refractivity contribution in [2.45, 2.75) is 58.3 Å². The molecular weight excluding hydrogens is 183 g/mol. The molecule has 0 radical (unpaired) electrons. The van der Waals surface area contributed by atoms with E-state index in [2.05, 4.69) is 11.7 Å². The molecule has 0 spiro atoms. The maximum atomic E-state index is 11.6. The first-order valence-electron chi connectivity index (χ1n) is 5.59.